The van der Waals surface area contributed by atoms with Gasteiger partial charge in [-0.05, 0) is 55.2 Å². The summed E-state index contributed by atoms with van der Waals surface area (Å²) < 4.78 is 0. The molecule has 0 saturated carbocycles. The monoisotopic (exact) mass is 267 g/mol. The maximum Gasteiger partial charge on any atom is 0.0294 e. The Morgan fingerprint density at radius 1 is 1.24 bits per heavy atom. The molecule has 1 nitrogen and oxygen atoms in total. The molecule has 1 aromatic rings. The van der Waals surface area contributed by atoms with Gasteiger partial charge in [0.05, 0.1) is 0 Å². The molecule has 0 spiro atoms. The number of nitrogens with one attached hydrogen (secondary N) is 1. The third kappa shape index (κ3) is 3.94. The average Bonchev–Trinajstić information content (AvgIpc) is 2.40. The lowest BCUT2D eigenvalue weighted by molar-refractivity contribution is 0.431. The number of hydrogen-bond donors (Lipinski definition) is 1. The van der Waals surface area contributed by atoms with Crippen LogP contribution in [0, 0.1) is 0 Å². The van der Waals surface area contributed by atoms with Crippen LogP contribution in [-0.4, -0.2) is 23.8 Å². The van der Waals surface area contributed by atoms with Crippen molar-refractivity contribution in [1.82, 2.24) is 5.32 Å². The molecule has 1 atom stereocenters. The zero-order chi connectivity index (χ0) is 12.1. The predicted octanol–water partition coefficient (Wildman–Crippen LogP) is 3.95. The van der Waals surface area contributed by atoms with Crippen molar-refractivity contribution in [1.29, 1.82) is 0 Å². The van der Waals surface area contributed by atoms with Gasteiger partial charge in [-0.25, -0.2) is 0 Å². The molecule has 1 N–H and O–H groups in total. The minimum absolute atomic E-state index is 0.471. The van der Waals surface area contributed by atoms with Crippen LogP contribution in [0.25, 0.3) is 0 Å². The first-order valence-corrected chi connectivity index (χ1v) is 8.65. The lowest BCUT2D eigenvalue weighted by Crippen LogP contribution is -2.34. The maximum atomic E-state index is 3.75. The molecule has 2 rings (SSSR count). The van der Waals surface area contributed by atoms with Gasteiger partial charge in [-0.3, -0.25) is 0 Å². The summed E-state index contributed by atoms with van der Waals surface area (Å²) in [6, 6.07) is 10.1. The fourth-order valence-corrected chi connectivity index (χ4v) is 3.72. The van der Waals surface area contributed by atoms with Crippen LogP contribution in [0.15, 0.2) is 29.2 Å². The molecular weight excluding hydrogens is 246 g/mol. The summed E-state index contributed by atoms with van der Waals surface area (Å²) in [4.78, 5) is 1.34. The van der Waals surface area contributed by atoms with E-state index in [0.717, 1.165) is 0 Å². The van der Waals surface area contributed by atoms with Crippen molar-refractivity contribution in [3.8, 4) is 0 Å². The summed E-state index contributed by atoms with van der Waals surface area (Å²) in [6.07, 6.45) is 4.76. The van der Waals surface area contributed by atoms with Crippen molar-refractivity contribution in [2.45, 2.75) is 36.7 Å². The second kappa shape index (κ2) is 6.72. The Morgan fingerprint density at radius 2 is 1.88 bits per heavy atom. The number of thioether (sulfide) groups is 2. The van der Waals surface area contributed by atoms with Gasteiger partial charge >= 0.3 is 0 Å². The number of benzene rings is 1. The van der Waals surface area contributed by atoms with E-state index in [2.05, 4.69) is 54.5 Å². The third-order valence-electron chi connectivity index (χ3n) is 3.32. The van der Waals surface area contributed by atoms with Crippen molar-refractivity contribution in [2.24, 2.45) is 0 Å². The fraction of sp³-hybridized carbons (Fsp3) is 0.571. The Balaban J connectivity index is 1.91. The smallest absolute Gasteiger partial charge is 0.0294 e. The van der Waals surface area contributed by atoms with E-state index in [1.54, 1.807) is 11.8 Å². The minimum atomic E-state index is 0.471. The summed E-state index contributed by atoms with van der Waals surface area (Å²) in [6.45, 7) is 2.27. The van der Waals surface area contributed by atoms with Crippen molar-refractivity contribution in [2.75, 3.05) is 17.8 Å². The lowest BCUT2D eigenvalue weighted by atomic mass is 10.1. The second-order valence-electron chi connectivity index (χ2n) is 4.55. The Hall–Kier alpha value is -0.120. The van der Waals surface area contributed by atoms with Crippen LogP contribution in [0.3, 0.4) is 0 Å². The number of rotatable bonds is 4. The normalized spacial score (nSPS) is 19.2. The maximum absolute atomic E-state index is 3.75. The molecular formula is C14H21NS2. The fourth-order valence-electron chi connectivity index (χ4n) is 2.21. The molecule has 1 unspecified atom stereocenters. The summed E-state index contributed by atoms with van der Waals surface area (Å²) >= 11 is 3.89. The van der Waals surface area contributed by atoms with Crippen molar-refractivity contribution >= 4 is 23.5 Å². The Kier molecular flexibility index (Phi) is 5.26. The van der Waals surface area contributed by atoms with Crippen LogP contribution in [0.2, 0.25) is 0 Å². The molecule has 0 radical (unpaired) electrons. The van der Waals surface area contributed by atoms with Gasteiger partial charge in [-0.2, -0.15) is 11.8 Å². The topological polar surface area (TPSA) is 12.0 Å². The molecule has 0 bridgehead atoms. The van der Waals surface area contributed by atoms with E-state index in [-0.39, 0.29) is 0 Å². The van der Waals surface area contributed by atoms with Crippen LogP contribution in [0.4, 0.5) is 0 Å². The van der Waals surface area contributed by atoms with Crippen molar-refractivity contribution in [3.63, 3.8) is 0 Å². The van der Waals surface area contributed by atoms with Crippen molar-refractivity contribution < 1.29 is 0 Å². The first kappa shape index (κ1) is 13.3. The van der Waals surface area contributed by atoms with Crippen LogP contribution < -0.4 is 5.32 Å². The largest absolute Gasteiger partial charge is 0.307 e. The molecule has 94 valence electrons. The van der Waals surface area contributed by atoms with Gasteiger partial charge in [0.2, 0.25) is 0 Å². The molecule has 1 heterocycles. The summed E-state index contributed by atoms with van der Waals surface area (Å²) in [5.74, 6) is 2.63. The quantitative estimate of drug-likeness (QED) is 0.830. The van der Waals surface area contributed by atoms with Crippen LogP contribution in [0.5, 0.6) is 0 Å². The molecule has 0 amide bonds. The van der Waals surface area contributed by atoms with Gasteiger partial charge in [0.1, 0.15) is 0 Å². The van der Waals surface area contributed by atoms with Gasteiger partial charge in [0, 0.05) is 17.0 Å². The summed E-state index contributed by atoms with van der Waals surface area (Å²) in [5, 5.41) is 3.75. The molecule has 0 aromatic heterocycles. The standard InChI is InChI=1S/C14H21NS2/c1-11(15-13-7-9-17-10-8-13)12-3-5-14(16-2)6-4-12/h3-6,11,13,15H,7-10H2,1-2H3. The van der Waals surface area contributed by atoms with Crippen LogP contribution >= 0.6 is 23.5 Å². The summed E-state index contributed by atoms with van der Waals surface area (Å²) in [7, 11) is 0. The molecule has 1 fully saturated rings. The zero-order valence-electron chi connectivity index (χ0n) is 10.6. The molecule has 1 saturated heterocycles. The van der Waals surface area contributed by atoms with Crippen LogP contribution in [0.1, 0.15) is 31.4 Å². The van der Waals surface area contributed by atoms with Gasteiger partial charge in [-0.15, -0.1) is 11.8 Å². The highest BCUT2D eigenvalue weighted by atomic mass is 32.2. The van der Waals surface area contributed by atoms with Crippen molar-refractivity contribution in [3.05, 3.63) is 29.8 Å². The Morgan fingerprint density at radius 3 is 2.47 bits per heavy atom. The van der Waals surface area contributed by atoms with E-state index in [1.165, 1.54) is 34.8 Å². The van der Waals surface area contributed by atoms with Gasteiger partial charge in [-0.1, -0.05) is 12.1 Å². The molecule has 1 aromatic carbocycles. The van der Waals surface area contributed by atoms with Gasteiger partial charge < -0.3 is 5.32 Å². The van der Waals surface area contributed by atoms with E-state index < -0.39 is 0 Å². The Bertz CT molecular complexity index is 331. The molecule has 17 heavy (non-hydrogen) atoms. The van der Waals surface area contributed by atoms with Gasteiger partial charge in [0.25, 0.3) is 0 Å². The SMILES string of the molecule is CSc1ccc(C(C)NC2CCSCC2)cc1. The second-order valence-corrected chi connectivity index (χ2v) is 6.65. The highest BCUT2D eigenvalue weighted by Crippen LogP contribution is 2.22. The highest BCUT2D eigenvalue weighted by Gasteiger charge is 2.16. The zero-order valence-corrected chi connectivity index (χ0v) is 12.2. The van der Waals surface area contributed by atoms with E-state index in [0.29, 0.717) is 12.1 Å². The third-order valence-corrected chi connectivity index (χ3v) is 5.12. The average molecular weight is 267 g/mol. The Labute approximate surface area is 113 Å². The first-order chi connectivity index (χ1) is 8.29. The van der Waals surface area contributed by atoms with E-state index in [4.69, 9.17) is 0 Å². The molecule has 0 aliphatic carbocycles. The predicted molar refractivity (Wildman–Crippen MR) is 80.1 cm³/mol. The van der Waals surface area contributed by atoms with E-state index >= 15 is 0 Å². The molecule has 1 aliphatic rings. The van der Waals surface area contributed by atoms with Gasteiger partial charge in [0.15, 0.2) is 0 Å². The summed E-state index contributed by atoms with van der Waals surface area (Å²) in [5.41, 5.74) is 1.40. The van der Waals surface area contributed by atoms with Crippen LogP contribution in [-0.2, 0) is 0 Å². The first-order valence-electron chi connectivity index (χ1n) is 6.27. The molecule has 3 heteroatoms. The van der Waals surface area contributed by atoms with E-state index in [1.807, 2.05) is 0 Å². The highest BCUT2D eigenvalue weighted by molar-refractivity contribution is 7.99. The van der Waals surface area contributed by atoms with E-state index in [9.17, 15) is 0 Å². The lowest BCUT2D eigenvalue weighted by Gasteiger charge is -2.26. The molecule has 1 aliphatic heterocycles. The number of hydrogen-bond acceptors (Lipinski definition) is 3. The minimum Gasteiger partial charge on any atom is -0.307 e.